The maximum atomic E-state index is 13.1. The van der Waals surface area contributed by atoms with Gasteiger partial charge in [0.2, 0.25) is 0 Å². The summed E-state index contributed by atoms with van der Waals surface area (Å²) in [5, 5.41) is 0. The molecule has 0 saturated carbocycles. The van der Waals surface area contributed by atoms with Gasteiger partial charge in [0.15, 0.2) is 5.78 Å². The van der Waals surface area contributed by atoms with Gasteiger partial charge in [-0.2, -0.15) is 0 Å². The van der Waals surface area contributed by atoms with Crippen molar-refractivity contribution in [3.05, 3.63) is 47.7 Å². The predicted octanol–water partition coefficient (Wildman–Crippen LogP) is 3.94. The Hall–Kier alpha value is -2.14. The lowest BCUT2D eigenvalue weighted by Gasteiger charge is -2.23. The topological polar surface area (TPSA) is 55.8 Å². The molecule has 0 fully saturated rings. The van der Waals surface area contributed by atoms with Gasteiger partial charge in [-0.3, -0.25) is 4.79 Å². The minimum atomic E-state index is -0.618. The molecule has 2 atom stereocenters. The summed E-state index contributed by atoms with van der Waals surface area (Å²) in [4.78, 5) is 27.5. The van der Waals surface area contributed by atoms with Crippen LogP contribution in [0.1, 0.15) is 52.5 Å². The number of hydrogen-bond acceptors (Lipinski definition) is 5. The molecule has 5 nitrogen and oxygen atoms in total. The van der Waals surface area contributed by atoms with Gasteiger partial charge in [0, 0.05) is 26.2 Å². The van der Waals surface area contributed by atoms with E-state index in [-0.39, 0.29) is 29.5 Å². The summed E-state index contributed by atoms with van der Waals surface area (Å²) >= 11 is 0. The number of ether oxygens (including phenoxy) is 2. The van der Waals surface area contributed by atoms with Gasteiger partial charge in [0.1, 0.15) is 11.7 Å². The molecular weight excluding hydrogens is 342 g/mol. The summed E-state index contributed by atoms with van der Waals surface area (Å²) in [6, 6.07) is 9.51. The van der Waals surface area contributed by atoms with Crippen molar-refractivity contribution >= 4 is 11.8 Å². The molecule has 27 heavy (non-hydrogen) atoms. The molecule has 0 radical (unpaired) electrons. The summed E-state index contributed by atoms with van der Waals surface area (Å²) in [6.45, 7) is 9.79. The highest BCUT2D eigenvalue weighted by Gasteiger charge is 2.29. The molecule has 150 valence electrons. The van der Waals surface area contributed by atoms with E-state index in [1.54, 1.807) is 25.9 Å². The summed E-state index contributed by atoms with van der Waals surface area (Å²) in [7, 11) is 3.55. The van der Waals surface area contributed by atoms with Crippen molar-refractivity contribution in [1.82, 2.24) is 4.90 Å². The fraction of sp³-hybridized carbons (Fsp3) is 0.545. The molecule has 1 aromatic rings. The van der Waals surface area contributed by atoms with Gasteiger partial charge >= 0.3 is 5.97 Å². The van der Waals surface area contributed by atoms with Crippen molar-refractivity contribution in [2.75, 3.05) is 20.7 Å². The fourth-order valence-electron chi connectivity index (χ4n) is 2.57. The fourth-order valence-corrected chi connectivity index (χ4v) is 2.57. The zero-order chi connectivity index (χ0) is 20.6. The van der Waals surface area contributed by atoms with E-state index < -0.39 is 12.1 Å². The Morgan fingerprint density at radius 2 is 1.74 bits per heavy atom. The van der Waals surface area contributed by atoms with Crippen LogP contribution in [-0.4, -0.2) is 49.1 Å². The molecule has 0 aliphatic carbocycles. The molecule has 0 aromatic heterocycles. The predicted molar refractivity (Wildman–Crippen MR) is 108 cm³/mol. The van der Waals surface area contributed by atoms with Crippen molar-refractivity contribution in [1.29, 1.82) is 0 Å². The first-order valence-electron chi connectivity index (χ1n) is 9.37. The average Bonchev–Trinajstić information content (AvgIpc) is 2.58. The van der Waals surface area contributed by atoms with Crippen LogP contribution in [0.3, 0.4) is 0 Å². The highest BCUT2D eigenvalue weighted by atomic mass is 16.6. The lowest BCUT2D eigenvalue weighted by molar-refractivity contribution is -0.150. The Morgan fingerprint density at radius 3 is 2.22 bits per heavy atom. The molecule has 0 bridgehead atoms. The van der Waals surface area contributed by atoms with Crippen molar-refractivity contribution in [3.8, 4) is 0 Å². The average molecular weight is 376 g/mol. The van der Waals surface area contributed by atoms with Crippen molar-refractivity contribution in [2.45, 2.75) is 58.7 Å². The van der Waals surface area contributed by atoms with Crippen LogP contribution in [0.5, 0.6) is 0 Å². The Labute approximate surface area is 163 Å². The van der Waals surface area contributed by atoms with Crippen LogP contribution in [0.15, 0.2) is 42.1 Å². The number of benzene rings is 1. The molecule has 0 spiro atoms. The minimum absolute atomic E-state index is 0.0540. The van der Waals surface area contributed by atoms with Gasteiger partial charge in [0.05, 0.1) is 12.2 Å². The normalized spacial score (nSPS) is 14.4. The van der Waals surface area contributed by atoms with Crippen LogP contribution in [0.4, 0.5) is 0 Å². The standard InChI is InChI=1S/C22H33NO4/c1-8-18(17-12-10-9-11-13-17)20(24)19(14-23(6)7)21(25)27-16(2)15-26-22(3,4)5/h9-14,16,18H,8,15H2,1-7H3/b19-14-. The molecule has 0 aliphatic rings. The first-order chi connectivity index (χ1) is 12.5. The third-order valence-corrected chi connectivity index (χ3v) is 3.86. The van der Waals surface area contributed by atoms with E-state index in [2.05, 4.69) is 0 Å². The third-order valence-electron chi connectivity index (χ3n) is 3.86. The van der Waals surface area contributed by atoms with Crippen molar-refractivity contribution in [3.63, 3.8) is 0 Å². The summed E-state index contributed by atoms with van der Waals surface area (Å²) in [6.07, 6.45) is 1.68. The Bertz CT molecular complexity index is 644. The molecule has 2 unspecified atom stereocenters. The first-order valence-corrected chi connectivity index (χ1v) is 9.37. The van der Waals surface area contributed by atoms with Gasteiger partial charge in [-0.05, 0) is 39.7 Å². The number of esters is 1. The molecule has 0 amide bonds. The zero-order valence-corrected chi connectivity index (χ0v) is 17.6. The molecular formula is C22H33NO4. The van der Waals surface area contributed by atoms with E-state index in [0.29, 0.717) is 6.42 Å². The van der Waals surface area contributed by atoms with Crippen LogP contribution in [0, 0.1) is 0 Å². The number of hydrogen-bond donors (Lipinski definition) is 0. The smallest absolute Gasteiger partial charge is 0.343 e. The quantitative estimate of drug-likeness (QED) is 0.283. The second-order valence-electron chi connectivity index (χ2n) is 7.88. The summed E-state index contributed by atoms with van der Waals surface area (Å²) in [5.41, 5.74) is 0.629. The second-order valence-corrected chi connectivity index (χ2v) is 7.88. The van der Waals surface area contributed by atoms with E-state index in [4.69, 9.17) is 9.47 Å². The van der Waals surface area contributed by atoms with Crippen LogP contribution >= 0.6 is 0 Å². The number of Topliss-reactive ketones (excluding diaryl/α,β-unsaturated/α-hetero) is 1. The Balaban J connectivity index is 2.97. The Morgan fingerprint density at radius 1 is 1.15 bits per heavy atom. The molecule has 0 saturated heterocycles. The second kappa shape index (κ2) is 10.3. The van der Waals surface area contributed by atoms with E-state index in [0.717, 1.165) is 5.56 Å². The number of nitrogens with zero attached hydrogens (tertiary/aromatic N) is 1. The van der Waals surface area contributed by atoms with Crippen LogP contribution < -0.4 is 0 Å². The number of carbonyl (C=O) groups excluding carboxylic acids is 2. The molecule has 0 heterocycles. The van der Waals surface area contributed by atoms with Crippen molar-refractivity contribution < 1.29 is 19.1 Å². The van der Waals surface area contributed by atoms with Gasteiger partial charge < -0.3 is 14.4 Å². The highest BCUT2D eigenvalue weighted by molar-refractivity contribution is 6.19. The SMILES string of the molecule is CCC(C(=O)/C(=C/N(C)C)C(=O)OC(C)COC(C)(C)C)c1ccccc1. The maximum Gasteiger partial charge on any atom is 0.343 e. The lowest BCUT2D eigenvalue weighted by Crippen LogP contribution is -2.30. The minimum Gasteiger partial charge on any atom is -0.456 e. The maximum absolute atomic E-state index is 13.1. The van der Waals surface area contributed by atoms with Gasteiger partial charge in [-0.15, -0.1) is 0 Å². The van der Waals surface area contributed by atoms with E-state index in [9.17, 15) is 9.59 Å². The number of ketones is 1. The number of carbonyl (C=O) groups is 2. The molecule has 1 rings (SSSR count). The zero-order valence-electron chi connectivity index (χ0n) is 17.6. The lowest BCUT2D eigenvalue weighted by atomic mass is 9.88. The third kappa shape index (κ3) is 7.95. The van der Waals surface area contributed by atoms with E-state index >= 15 is 0 Å². The summed E-state index contributed by atoms with van der Waals surface area (Å²) < 4.78 is 11.1. The van der Waals surface area contributed by atoms with Crippen LogP contribution in [0.25, 0.3) is 0 Å². The molecule has 0 aliphatic heterocycles. The molecule has 5 heteroatoms. The van der Waals surface area contributed by atoms with Gasteiger partial charge in [0.25, 0.3) is 0 Å². The first kappa shape index (κ1) is 22.9. The molecule has 0 N–H and O–H groups in total. The van der Waals surface area contributed by atoms with E-state index in [1.165, 1.54) is 6.20 Å². The largest absolute Gasteiger partial charge is 0.456 e. The number of rotatable bonds is 9. The van der Waals surface area contributed by atoms with Crippen LogP contribution in [0.2, 0.25) is 0 Å². The Kier molecular flexibility index (Phi) is 8.70. The summed E-state index contributed by atoms with van der Waals surface area (Å²) in [5.74, 6) is -1.23. The van der Waals surface area contributed by atoms with Crippen molar-refractivity contribution in [2.24, 2.45) is 0 Å². The highest BCUT2D eigenvalue weighted by Crippen LogP contribution is 2.24. The van der Waals surface area contributed by atoms with E-state index in [1.807, 2.05) is 58.0 Å². The monoisotopic (exact) mass is 375 g/mol. The molecule has 1 aromatic carbocycles. The van der Waals surface area contributed by atoms with Gasteiger partial charge in [-0.25, -0.2) is 4.79 Å². The van der Waals surface area contributed by atoms with Gasteiger partial charge in [-0.1, -0.05) is 37.3 Å². The van der Waals surface area contributed by atoms with Crippen LogP contribution in [-0.2, 0) is 19.1 Å².